The molecule has 102 heavy (non-hydrogen) atoms. The quantitative estimate of drug-likeness (QED) is 0.0542. The molecule has 0 N–H and O–H groups in total. The molecule has 0 aliphatic rings. The van der Waals surface area contributed by atoms with Crippen LogP contribution in [-0.2, 0) is 34.6 Å². The van der Waals surface area contributed by atoms with Crippen molar-refractivity contribution in [1.29, 1.82) is 0 Å². The van der Waals surface area contributed by atoms with Crippen molar-refractivity contribution in [1.82, 2.24) is 48.6 Å². The molecule has 0 amide bonds. The average molecular weight is 1450 g/mol. The van der Waals surface area contributed by atoms with Crippen molar-refractivity contribution < 1.29 is 27.9 Å². The third-order valence-corrected chi connectivity index (χ3v) is 29.2. The first-order valence-corrected chi connectivity index (χ1v) is 40.6. The molecule has 6 heterocycles. The van der Waals surface area contributed by atoms with E-state index in [0.29, 0.717) is 49.4 Å². The van der Waals surface area contributed by atoms with Crippen molar-refractivity contribution in [3.05, 3.63) is 298 Å². The first kappa shape index (κ1) is 71.2. The van der Waals surface area contributed by atoms with E-state index in [9.17, 15) is 9.59 Å². The highest BCUT2D eigenvalue weighted by Crippen LogP contribution is 2.47. The number of hydrogen-bond acceptors (Lipinski definition) is 12. The Morgan fingerprint density at radius 1 is 0.441 bits per heavy atom. The average Bonchev–Trinajstić information content (AvgIpc) is 1.45. The predicted octanol–water partition coefficient (Wildman–Crippen LogP) is 19.1. The zero-order valence-corrected chi connectivity index (χ0v) is 64.0. The van der Waals surface area contributed by atoms with Gasteiger partial charge in [-0.2, -0.15) is 10.2 Å². The van der Waals surface area contributed by atoms with Crippen LogP contribution in [0.3, 0.4) is 0 Å². The van der Waals surface area contributed by atoms with Crippen LogP contribution < -0.4 is 8.85 Å². The minimum absolute atomic E-state index is 0.0438. The Kier molecular flexibility index (Phi) is 19.9. The zero-order valence-electron chi connectivity index (χ0n) is 60.4. The highest BCUT2D eigenvalue weighted by Gasteiger charge is 2.44. The second-order valence-corrected chi connectivity index (χ2v) is 38.7. The molecule has 0 spiro atoms. The van der Waals surface area contributed by atoms with E-state index in [0.717, 1.165) is 67.0 Å². The minimum atomic E-state index is -2.09. The maximum atomic E-state index is 13.6. The van der Waals surface area contributed by atoms with Gasteiger partial charge >= 0.3 is 11.9 Å². The van der Waals surface area contributed by atoms with Gasteiger partial charge in [-0.25, -0.2) is 29.5 Å². The van der Waals surface area contributed by atoms with Crippen LogP contribution in [0.2, 0.25) is 36.3 Å². The minimum Gasteiger partial charge on any atom is -0.543 e. The number of benzene rings is 8. The second kappa shape index (κ2) is 28.4. The summed E-state index contributed by atoms with van der Waals surface area (Å²) in [5.41, 5.74) is 11.4. The van der Waals surface area contributed by atoms with Gasteiger partial charge in [0.2, 0.25) is 16.6 Å². The molecule has 14 aromatic rings. The number of fused-ring (bicyclic) bond motifs is 4. The molecule has 0 unspecified atom stereocenters. The molecule has 8 aromatic carbocycles. The number of carbonyl (C=O) groups excluding carboxylic acids is 2. The van der Waals surface area contributed by atoms with E-state index in [1.807, 2.05) is 169 Å². The number of esters is 2. The van der Waals surface area contributed by atoms with Gasteiger partial charge in [-0.05, 0) is 129 Å². The first-order chi connectivity index (χ1) is 48.7. The molecular weight excluding hydrogens is 1370 g/mol. The van der Waals surface area contributed by atoms with Crippen molar-refractivity contribution in [3.8, 4) is 22.9 Å². The van der Waals surface area contributed by atoms with E-state index >= 15 is 0 Å². The molecule has 0 atom stereocenters. The summed E-state index contributed by atoms with van der Waals surface area (Å²) in [6.07, 6.45) is 7.02. The summed E-state index contributed by atoms with van der Waals surface area (Å²) < 4.78 is 31.9. The van der Waals surface area contributed by atoms with Gasteiger partial charge in [0.1, 0.15) is 60.7 Å². The second-order valence-electron chi connectivity index (χ2n) is 28.5. The molecule has 6 aromatic heterocycles. The Labute approximate surface area is 606 Å². The molecule has 14 rings (SSSR count). The highest BCUT2D eigenvalue weighted by atomic mass is 79.9. The smallest absolute Gasteiger partial charge is 0.341 e. The van der Waals surface area contributed by atoms with Crippen LogP contribution in [-0.4, -0.2) is 91.4 Å². The number of methoxy groups -OCH3 is 2. The molecule has 0 aliphatic heterocycles. The number of ether oxygens (including phenoxy) is 2. The van der Waals surface area contributed by atoms with Gasteiger partial charge < -0.3 is 27.5 Å². The number of carbonyl (C=O) groups is 2. The van der Waals surface area contributed by atoms with Gasteiger partial charge in [-0.15, -0.1) is 0 Å². The van der Waals surface area contributed by atoms with Crippen LogP contribution in [0.5, 0.6) is 11.5 Å². The van der Waals surface area contributed by atoms with E-state index in [1.165, 1.54) is 19.6 Å². The van der Waals surface area contributed by atoms with Crippen molar-refractivity contribution in [3.63, 3.8) is 0 Å². The molecule has 16 nitrogen and oxygen atoms in total. The van der Waals surface area contributed by atoms with Gasteiger partial charge in [0, 0.05) is 37.3 Å². The standard InChI is InChI=1S/C41H41N5O3Si.C27H20BrN3O2.C15H24N2OSi/c1-40(2,3)50(6,7)49-31-23-24-35-32(25-31)36(44-45(35)4)34-26-42-38-37(43-34)33(39(47)48-5)27-46(38)41(28-17-11-8-12-18-28,29-19-13-9-14-20-29)30-21-15-10-16-22-30;1-33-26(32)22-18-31(25-24(22)30-23(28)17-29-25)27(19-11-5-2-6-12-19,20-13-7-3-8-14-20)21-15-9-4-10-16-21;1-11-13-10-12(8-9-14(13)17(5)16-11)18-19(6,7)15(2,3)4/h8-27H,1-7H3;2-18H,1H3;8-10H,1-7H3. The molecule has 0 aliphatic carbocycles. The van der Waals surface area contributed by atoms with Crippen LogP contribution in [0.25, 0.3) is 55.5 Å². The third kappa shape index (κ3) is 13.3. The van der Waals surface area contributed by atoms with E-state index in [4.69, 9.17) is 38.4 Å². The molecule has 0 bridgehead atoms. The number of aromatic nitrogens is 10. The Bertz CT molecular complexity index is 5130. The number of hydrogen-bond donors (Lipinski definition) is 0. The van der Waals surface area contributed by atoms with Crippen LogP contribution >= 0.6 is 15.9 Å². The lowest BCUT2D eigenvalue weighted by atomic mass is 9.76. The predicted molar refractivity (Wildman–Crippen MR) is 415 cm³/mol. The van der Waals surface area contributed by atoms with Gasteiger partial charge in [-0.3, -0.25) is 9.36 Å². The largest absolute Gasteiger partial charge is 0.543 e. The number of nitrogens with zero attached hydrogens (tertiary/aromatic N) is 10. The number of aryl methyl sites for hydroxylation is 3. The number of halogens is 1. The van der Waals surface area contributed by atoms with Gasteiger partial charge in [0.15, 0.2) is 11.3 Å². The van der Waals surface area contributed by atoms with Crippen LogP contribution in [0.1, 0.15) is 101 Å². The highest BCUT2D eigenvalue weighted by molar-refractivity contribution is 9.10. The Balaban J connectivity index is 0.000000161. The normalized spacial score (nSPS) is 12.2. The van der Waals surface area contributed by atoms with E-state index < -0.39 is 39.7 Å². The fourth-order valence-electron chi connectivity index (χ4n) is 12.9. The van der Waals surface area contributed by atoms with Crippen LogP contribution in [0.4, 0.5) is 0 Å². The topological polar surface area (TPSA) is 168 Å². The molecule has 0 saturated heterocycles. The lowest BCUT2D eigenvalue weighted by molar-refractivity contribution is 0.0593. The SMILES string of the molecule is COC(=O)c1cn(C(c2ccccc2)(c2ccccc2)c2ccccc2)c2ncc(-c3nn(C)c4ccc(O[Si](C)(C)C(C)(C)C)cc34)nc12.COC(=O)c1cn(C(c2ccccc2)(c2ccccc2)c2ccccc2)c2ncc(Br)nc12.Cc1nn(C)c2ccc(O[Si](C)(C)C(C)(C)C)cc12. The van der Waals surface area contributed by atoms with E-state index in [1.54, 1.807) is 18.6 Å². The van der Waals surface area contributed by atoms with Crippen LogP contribution in [0.15, 0.2) is 248 Å². The monoisotopic (exact) mass is 1450 g/mol. The first-order valence-electron chi connectivity index (χ1n) is 33.9. The molecule has 0 fully saturated rings. The summed E-state index contributed by atoms with van der Waals surface area (Å²) in [6.45, 7) is 24.5. The Hall–Kier alpha value is -10.6. The van der Waals surface area contributed by atoms with Crippen molar-refractivity contribution in [2.45, 2.75) is 95.8 Å². The fourth-order valence-corrected chi connectivity index (χ4v) is 15.2. The zero-order chi connectivity index (χ0) is 72.5. The van der Waals surface area contributed by atoms with Gasteiger partial charge in [-0.1, -0.05) is 224 Å². The number of rotatable bonds is 15. The maximum absolute atomic E-state index is 13.6. The summed E-state index contributed by atoms with van der Waals surface area (Å²) >= 11 is 3.40. The molecule has 518 valence electrons. The molecular formula is C83H85BrN10O6Si2. The van der Waals surface area contributed by atoms with Crippen molar-refractivity contribution >= 4 is 88.6 Å². The molecule has 0 saturated carbocycles. The van der Waals surface area contributed by atoms with Crippen LogP contribution in [0, 0.1) is 6.92 Å². The van der Waals surface area contributed by atoms with Crippen molar-refractivity contribution in [2.24, 2.45) is 14.1 Å². The Morgan fingerprint density at radius 3 is 1.14 bits per heavy atom. The van der Waals surface area contributed by atoms with Gasteiger partial charge in [0.25, 0.3) is 0 Å². The van der Waals surface area contributed by atoms with Gasteiger partial charge in [0.05, 0.1) is 43.3 Å². The summed E-state index contributed by atoms with van der Waals surface area (Å²) in [5.74, 6) is 0.802. The molecule has 0 radical (unpaired) electrons. The molecule has 19 heteroatoms. The Morgan fingerprint density at radius 2 is 0.775 bits per heavy atom. The third-order valence-electron chi connectivity index (χ3n) is 20.1. The van der Waals surface area contributed by atoms with E-state index in [2.05, 4.69) is 189 Å². The van der Waals surface area contributed by atoms with E-state index in [-0.39, 0.29) is 10.1 Å². The lowest BCUT2D eigenvalue weighted by Crippen LogP contribution is -2.43. The fraction of sp³-hybridized carbons (Fsp3) is 0.229. The lowest BCUT2D eigenvalue weighted by Gasteiger charge is -2.38. The van der Waals surface area contributed by atoms with Crippen molar-refractivity contribution in [2.75, 3.05) is 14.2 Å². The maximum Gasteiger partial charge on any atom is 0.341 e. The summed E-state index contributed by atoms with van der Waals surface area (Å²) in [5, 5.41) is 11.7. The summed E-state index contributed by atoms with van der Waals surface area (Å²) in [7, 11) is 2.78. The summed E-state index contributed by atoms with van der Waals surface area (Å²) in [4.78, 5) is 45.9. The summed E-state index contributed by atoms with van der Waals surface area (Å²) in [6, 6.07) is 73.8.